The van der Waals surface area contributed by atoms with Crippen molar-refractivity contribution in [3.8, 4) is 11.5 Å². The average Bonchev–Trinajstić information content (AvgIpc) is 3.20. The summed E-state index contributed by atoms with van der Waals surface area (Å²) in [5, 5.41) is 0. The monoisotopic (exact) mass is 460 g/mol. The van der Waals surface area contributed by atoms with Gasteiger partial charge in [-0.1, -0.05) is 25.1 Å². The van der Waals surface area contributed by atoms with E-state index in [4.69, 9.17) is 10.5 Å². The van der Waals surface area contributed by atoms with Gasteiger partial charge in [-0.2, -0.15) is 4.98 Å². The van der Waals surface area contributed by atoms with Gasteiger partial charge in [0.1, 0.15) is 18.0 Å². The quantitative estimate of drug-likeness (QED) is 0.487. The number of fused-ring (bicyclic) bond motifs is 3. The minimum Gasteiger partial charge on any atom is -0.457 e. The van der Waals surface area contributed by atoms with Gasteiger partial charge in [0.25, 0.3) is 5.56 Å². The van der Waals surface area contributed by atoms with Crippen molar-refractivity contribution >= 4 is 28.7 Å². The van der Waals surface area contributed by atoms with Crippen LogP contribution in [0.15, 0.2) is 64.2 Å². The van der Waals surface area contributed by atoms with Gasteiger partial charge in [0.15, 0.2) is 11.2 Å². The van der Waals surface area contributed by atoms with Crippen LogP contribution in [0.3, 0.4) is 0 Å². The molecule has 1 aliphatic rings. The van der Waals surface area contributed by atoms with E-state index in [9.17, 15) is 14.4 Å². The number of hydrogen-bond donors (Lipinski definition) is 1. The lowest BCUT2D eigenvalue weighted by atomic mass is 10.1. The number of aromatic nitrogens is 4. The topological polar surface area (TPSA) is 117 Å². The van der Waals surface area contributed by atoms with Gasteiger partial charge in [0.2, 0.25) is 11.9 Å². The number of anilines is 2. The molecule has 10 nitrogen and oxygen atoms in total. The third-order valence-electron chi connectivity index (χ3n) is 5.88. The Morgan fingerprint density at radius 3 is 2.41 bits per heavy atom. The third kappa shape index (κ3) is 3.62. The molecule has 4 aromatic rings. The summed E-state index contributed by atoms with van der Waals surface area (Å²) in [5.41, 5.74) is 5.49. The van der Waals surface area contributed by atoms with Crippen molar-refractivity contribution in [3.05, 3.63) is 75.4 Å². The van der Waals surface area contributed by atoms with Crippen LogP contribution in [-0.4, -0.2) is 31.1 Å². The van der Waals surface area contributed by atoms with Crippen LogP contribution in [-0.2, 0) is 24.9 Å². The van der Waals surface area contributed by atoms with Crippen molar-refractivity contribution in [2.45, 2.75) is 20.0 Å². The number of nitrogens with two attached hydrogens (primary N) is 1. The molecule has 1 atom stereocenters. The summed E-state index contributed by atoms with van der Waals surface area (Å²) >= 11 is 0. The smallest absolute Gasteiger partial charge is 0.332 e. The predicted molar refractivity (Wildman–Crippen MR) is 128 cm³/mol. The summed E-state index contributed by atoms with van der Waals surface area (Å²) in [4.78, 5) is 44.0. The number of aryl methyl sites for hydroxylation is 1. The normalized spacial score (nSPS) is 15.4. The fourth-order valence-corrected chi connectivity index (χ4v) is 4.34. The number of hydrogen-bond acceptors (Lipinski definition) is 6. The van der Waals surface area contributed by atoms with Crippen LogP contribution in [0.1, 0.15) is 6.92 Å². The van der Waals surface area contributed by atoms with Crippen molar-refractivity contribution in [1.82, 2.24) is 18.7 Å². The molecule has 174 valence electrons. The summed E-state index contributed by atoms with van der Waals surface area (Å²) in [6.45, 7) is 2.84. The highest BCUT2D eigenvalue weighted by atomic mass is 16.5. The second-order valence-corrected chi connectivity index (χ2v) is 8.52. The van der Waals surface area contributed by atoms with Crippen LogP contribution in [0.5, 0.6) is 11.5 Å². The molecule has 0 bridgehead atoms. The fraction of sp³-hybridized carbons (Fsp3) is 0.250. The van der Waals surface area contributed by atoms with Gasteiger partial charge in [-0.3, -0.25) is 14.2 Å². The van der Waals surface area contributed by atoms with E-state index in [0.29, 0.717) is 24.8 Å². The first-order valence-corrected chi connectivity index (χ1v) is 10.9. The van der Waals surface area contributed by atoms with E-state index in [1.165, 1.54) is 11.6 Å². The van der Waals surface area contributed by atoms with Crippen molar-refractivity contribution in [3.63, 3.8) is 0 Å². The van der Waals surface area contributed by atoms with Crippen LogP contribution in [0, 0.1) is 5.92 Å². The molecule has 0 unspecified atom stereocenters. The molecule has 2 N–H and O–H groups in total. The molecule has 34 heavy (non-hydrogen) atoms. The number of rotatable bonds is 5. The maximum Gasteiger partial charge on any atom is 0.332 e. The highest BCUT2D eigenvalue weighted by Crippen LogP contribution is 2.34. The molecule has 0 saturated carbocycles. The van der Waals surface area contributed by atoms with E-state index in [2.05, 4.69) is 11.9 Å². The molecule has 3 heterocycles. The second-order valence-electron chi connectivity index (χ2n) is 8.52. The summed E-state index contributed by atoms with van der Waals surface area (Å²) in [7, 11) is 1.53. The molecule has 0 saturated heterocycles. The molecule has 1 aliphatic heterocycles. The van der Waals surface area contributed by atoms with Gasteiger partial charge in [-0.15, -0.1) is 0 Å². The number of nitrogens with zero attached hydrogens (tertiary/aromatic N) is 5. The summed E-state index contributed by atoms with van der Waals surface area (Å²) in [5.74, 6) is 1.45. The van der Waals surface area contributed by atoms with Crippen molar-refractivity contribution in [1.29, 1.82) is 0 Å². The molecule has 0 fully saturated rings. The minimum atomic E-state index is -0.760. The van der Waals surface area contributed by atoms with E-state index in [1.807, 2.05) is 64.1 Å². The van der Waals surface area contributed by atoms with Gasteiger partial charge in [-0.25, -0.2) is 9.36 Å². The first kappa shape index (κ1) is 21.5. The standard InChI is InChI=1S/C24H24N6O4/c1-15-12-28(16-8-10-18(11-9-16)34-17-6-4-3-5-7-17)23-26-21-20(29(23)13-15)22(32)30(14-19(25)31)24(33)27(21)2/h3-11,15H,12-14H2,1-2H3,(H2,25,31)/t15-/m0/s1. The molecule has 2 aromatic carbocycles. The van der Waals surface area contributed by atoms with Crippen molar-refractivity contribution < 1.29 is 9.53 Å². The lowest BCUT2D eigenvalue weighted by molar-refractivity contribution is -0.118. The van der Waals surface area contributed by atoms with Crippen LogP contribution in [0.2, 0.25) is 0 Å². The van der Waals surface area contributed by atoms with Gasteiger partial charge < -0.3 is 19.9 Å². The van der Waals surface area contributed by atoms with E-state index >= 15 is 0 Å². The third-order valence-corrected chi connectivity index (χ3v) is 5.88. The molecule has 5 rings (SSSR count). The number of imidazole rings is 1. The molecular formula is C24H24N6O4. The van der Waals surface area contributed by atoms with Crippen LogP contribution < -0.4 is 26.6 Å². The number of para-hydroxylation sites is 1. The van der Waals surface area contributed by atoms with E-state index in [-0.39, 0.29) is 17.1 Å². The number of amides is 1. The summed E-state index contributed by atoms with van der Waals surface area (Å²) in [6.07, 6.45) is 0. The van der Waals surface area contributed by atoms with Gasteiger partial charge in [0.05, 0.1) is 0 Å². The molecule has 2 aromatic heterocycles. The van der Waals surface area contributed by atoms with Crippen molar-refractivity contribution in [2.24, 2.45) is 18.7 Å². The average molecular weight is 460 g/mol. The molecule has 0 radical (unpaired) electrons. The van der Waals surface area contributed by atoms with E-state index < -0.39 is 23.7 Å². The number of ether oxygens (including phenoxy) is 1. The first-order valence-electron chi connectivity index (χ1n) is 10.9. The largest absolute Gasteiger partial charge is 0.457 e. The van der Waals surface area contributed by atoms with E-state index in [1.54, 1.807) is 0 Å². The number of carbonyl (C=O) groups is 1. The maximum absolute atomic E-state index is 13.2. The Labute approximate surface area is 194 Å². The highest BCUT2D eigenvalue weighted by Gasteiger charge is 2.30. The lowest BCUT2D eigenvalue weighted by Gasteiger charge is -2.33. The zero-order chi connectivity index (χ0) is 24.0. The molecular weight excluding hydrogens is 436 g/mol. The molecule has 0 spiro atoms. The zero-order valence-corrected chi connectivity index (χ0v) is 18.8. The number of carbonyl (C=O) groups excluding carboxylic acids is 1. The zero-order valence-electron chi connectivity index (χ0n) is 18.8. The summed E-state index contributed by atoms with van der Waals surface area (Å²) in [6, 6.07) is 17.2. The Morgan fingerprint density at radius 1 is 1.06 bits per heavy atom. The highest BCUT2D eigenvalue weighted by molar-refractivity contribution is 5.78. The Balaban J connectivity index is 1.58. The number of primary amides is 1. The Bertz CT molecular complexity index is 1500. The second kappa shape index (κ2) is 8.22. The van der Waals surface area contributed by atoms with Gasteiger partial charge in [-0.05, 0) is 42.3 Å². The van der Waals surface area contributed by atoms with Crippen LogP contribution >= 0.6 is 0 Å². The molecule has 0 aliphatic carbocycles. The van der Waals surface area contributed by atoms with Gasteiger partial charge in [0, 0.05) is 25.8 Å². The Hall–Kier alpha value is -4.34. The molecule has 10 heteroatoms. The lowest BCUT2D eigenvalue weighted by Crippen LogP contribution is -2.43. The van der Waals surface area contributed by atoms with Crippen LogP contribution in [0.4, 0.5) is 11.6 Å². The van der Waals surface area contributed by atoms with Gasteiger partial charge >= 0.3 is 5.69 Å². The fourth-order valence-electron chi connectivity index (χ4n) is 4.34. The van der Waals surface area contributed by atoms with Crippen LogP contribution in [0.25, 0.3) is 11.2 Å². The maximum atomic E-state index is 13.2. The Morgan fingerprint density at radius 2 is 1.74 bits per heavy atom. The predicted octanol–water partition coefficient (Wildman–Crippen LogP) is 1.96. The van der Waals surface area contributed by atoms with E-state index in [0.717, 1.165) is 16.0 Å². The SMILES string of the molecule is C[C@H]1CN(c2ccc(Oc3ccccc3)cc2)c2nc3c(c(=O)n(CC(N)=O)c(=O)n3C)n2C1. The number of benzene rings is 2. The van der Waals surface area contributed by atoms with Crippen molar-refractivity contribution in [2.75, 3.05) is 11.4 Å². The Kier molecular flexibility index (Phi) is 5.20. The first-order chi connectivity index (χ1) is 16.3. The molecule has 1 amide bonds. The summed E-state index contributed by atoms with van der Waals surface area (Å²) < 4.78 is 9.85. The minimum absolute atomic E-state index is 0.200.